The van der Waals surface area contributed by atoms with Crippen molar-refractivity contribution in [2.45, 2.75) is 31.7 Å². The highest BCUT2D eigenvalue weighted by atomic mass is 19.1. The molecule has 0 spiro atoms. The molecule has 0 aromatic heterocycles. The quantitative estimate of drug-likeness (QED) is 0.873. The van der Waals surface area contributed by atoms with Gasteiger partial charge in [-0.2, -0.15) is 0 Å². The van der Waals surface area contributed by atoms with Crippen LogP contribution in [0.3, 0.4) is 0 Å². The van der Waals surface area contributed by atoms with Gasteiger partial charge in [-0.05, 0) is 47.6 Å². The van der Waals surface area contributed by atoms with E-state index < -0.39 is 0 Å². The van der Waals surface area contributed by atoms with Gasteiger partial charge in [0, 0.05) is 12.1 Å². The molecule has 0 bridgehead atoms. The van der Waals surface area contributed by atoms with Crippen molar-refractivity contribution >= 4 is 0 Å². The molecule has 1 aliphatic rings. The van der Waals surface area contributed by atoms with E-state index in [1.807, 2.05) is 18.2 Å². The lowest BCUT2D eigenvalue weighted by molar-refractivity contribution is 0.420. The fraction of sp³-hybridized carbons (Fsp3) is 0.294. The molecule has 0 atom stereocenters. The maximum Gasteiger partial charge on any atom is 0.131 e. The molecule has 19 heavy (non-hydrogen) atoms. The lowest BCUT2D eigenvalue weighted by Crippen LogP contribution is -2.08. The summed E-state index contributed by atoms with van der Waals surface area (Å²) in [5.74, 6) is 0.530. The van der Waals surface area contributed by atoms with Crippen molar-refractivity contribution in [3.8, 4) is 11.1 Å². The first-order valence-corrected chi connectivity index (χ1v) is 6.87. The maximum absolute atomic E-state index is 13.9. The molecule has 0 saturated heterocycles. The Labute approximate surface area is 113 Å². The van der Waals surface area contributed by atoms with Crippen LogP contribution in [-0.2, 0) is 6.54 Å². The first-order valence-electron chi connectivity index (χ1n) is 6.87. The van der Waals surface area contributed by atoms with Crippen molar-refractivity contribution in [2.75, 3.05) is 0 Å². The first kappa shape index (κ1) is 12.4. The van der Waals surface area contributed by atoms with Gasteiger partial charge in [-0.15, -0.1) is 0 Å². The number of benzene rings is 2. The Morgan fingerprint density at radius 3 is 2.37 bits per heavy atom. The van der Waals surface area contributed by atoms with Gasteiger partial charge in [-0.3, -0.25) is 0 Å². The number of hydrogen-bond acceptors (Lipinski definition) is 1. The Hall–Kier alpha value is -1.67. The van der Waals surface area contributed by atoms with E-state index in [0.29, 0.717) is 18.0 Å². The smallest absolute Gasteiger partial charge is 0.131 e. The Kier molecular flexibility index (Phi) is 3.34. The van der Waals surface area contributed by atoms with Crippen LogP contribution in [0.15, 0.2) is 42.5 Å². The summed E-state index contributed by atoms with van der Waals surface area (Å²) in [7, 11) is 0. The second-order valence-corrected chi connectivity index (χ2v) is 5.27. The summed E-state index contributed by atoms with van der Waals surface area (Å²) >= 11 is 0. The van der Waals surface area contributed by atoms with E-state index in [4.69, 9.17) is 5.73 Å². The van der Waals surface area contributed by atoms with E-state index >= 15 is 0 Å². The van der Waals surface area contributed by atoms with Crippen LogP contribution >= 0.6 is 0 Å². The number of halogens is 1. The van der Waals surface area contributed by atoms with E-state index in [0.717, 1.165) is 11.1 Å². The normalized spacial score (nSPS) is 15.3. The van der Waals surface area contributed by atoms with Crippen molar-refractivity contribution in [3.05, 3.63) is 59.4 Å². The van der Waals surface area contributed by atoms with Gasteiger partial charge in [0.25, 0.3) is 0 Å². The third kappa shape index (κ3) is 2.41. The summed E-state index contributed by atoms with van der Waals surface area (Å²) in [6.45, 7) is 0.438. The van der Waals surface area contributed by atoms with Crippen molar-refractivity contribution in [3.63, 3.8) is 0 Å². The minimum atomic E-state index is -0.186. The highest BCUT2D eigenvalue weighted by molar-refractivity contribution is 5.65. The van der Waals surface area contributed by atoms with Gasteiger partial charge in [-0.1, -0.05) is 36.8 Å². The molecule has 2 N–H and O–H groups in total. The van der Waals surface area contributed by atoms with Crippen LogP contribution in [0.4, 0.5) is 4.39 Å². The molecular weight excluding hydrogens is 237 g/mol. The molecule has 1 aliphatic carbocycles. The molecule has 1 nitrogen and oxygen atoms in total. The Balaban J connectivity index is 1.92. The average molecular weight is 255 g/mol. The second kappa shape index (κ2) is 5.14. The number of rotatable bonds is 3. The summed E-state index contributed by atoms with van der Waals surface area (Å²) in [5, 5.41) is 0. The maximum atomic E-state index is 13.9. The van der Waals surface area contributed by atoms with Crippen molar-refractivity contribution in [1.82, 2.24) is 0 Å². The molecule has 0 radical (unpaired) electrons. The SMILES string of the molecule is NCc1ccc(F)c(-c2ccc(C3CCC3)cc2)c1. The van der Waals surface area contributed by atoms with Crippen LogP contribution in [0.5, 0.6) is 0 Å². The zero-order valence-corrected chi connectivity index (χ0v) is 10.9. The van der Waals surface area contributed by atoms with Crippen LogP contribution in [0, 0.1) is 5.82 Å². The second-order valence-electron chi connectivity index (χ2n) is 5.27. The summed E-state index contributed by atoms with van der Waals surface area (Å²) in [6.07, 6.45) is 3.91. The van der Waals surface area contributed by atoms with Gasteiger partial charge in [0.05, 0.1) is 0 Å². The van der Waals surface area contributed by atoms with Crippen LogP contribution in [0.25, 0.3) is 11.1 Å². The number of nitrogens with two attached hydrogens (primary N) is 1. The van der Waals surface area contributed by atoms with E-state index in [2.05, 4.69) is 12.1 Å². The van der Waals surface area contributed by atoms with Crippen LogP contribution in [0.1, 0.15) is 36.3 Å². The molecule has 0 amide bonds. The zero-order valence-electron chi connectivity index (χ0n) is 10.9. The minimum Gasteiger partial charge on any atom is -0.326 e. The molecule has 2 aromatic rings. The molecule has 2 aromatic carbocycles. The van der Waals surface area contributed by atoms with Crippen molar-refractivity contribution in [2.24, 2.45) is 5.73 Å². The van der Waals surface area contributed by atoms with Gasteiger partial charge >= 0.3 is 0 Å². The molecule has 0 aliphatic heterocycles. The van der Waals surface area contributed by atoms with Crippen molar-refractivity contribution in [1.29, 1.82) is 0 Å². The first-order chi connectivity index (χ1) is 9.28. The van der Waals surface area contributed by atoms with Gasteiger partial charge in [0.1, 0.15) is 5.82 Å². The van der Waals surface area contributed by atoms with Gasteiger partial charge in [0.15, 0.2) is 0 Å². The molecule has 0 heterocycles. The highest BCUT2D eigenvalue weighted by Gasteiger charge is 2.19. The Morgan fingerprint density at radius 2 is 1.79 bits per heavy atom. The monoisotopic (exact) mass is 255 g/mol. The third-order valence-electron chi connectivity index (χ3n) is 4.06. The molecule has 1 saturated carbocycles. The molecule has 3 rings (SSSR count). The molecule has 98 valence electrons. The van der Waals surface area contributed by atoms with Gasteiger partial charge < -0.3 is 5.73 Å². The van der Waals surface area contributed by atoms with E-state index in [-0.39, 0.29) is 5.82 Å². The topological polar surface area (TPSA) is 26.0 Å². The lowest BCUT2D eigenvalue weighted by Gasteiger charge is -2.25. The third-order valence-corrected chi connectivity index (χ3v) is 4.06. The standard InChI is InChI=1S/C17H18FN/c18-17-9-4-12(11-19)10-16(17)15-7-5-14(6-8-15)13-2-1-3-13/h4-10,13H,1-3,11,19H2. The Bertz CT molecular complexity index is 570. The minimum absolute atomic E-state index is 0.186. The van der Waals surface area contributed by atoms with Crippen LogP contribution in [0.2, 0.25) is 0 Å². The molecular formula is C17H18FN. The zero-order chi connectivity index (χ0) is 13.2. The van der Waals surface area contributed by atoms with Gasteiger partial charge in [0.2, 0.25) is 0 Å². The highest BCUT2D eigenvalue weighted by Crippen LogP contribution is 2.37. The van der Waals surface area contributed by atoms with E-state index in [1.165, 1.54) is 30.9 Å². The average Bonchev–Trinajstić information content (AvgIpc) is 2.38. The van der Waals surface area contributed by atoms with E-state index in [9.17, 15) is 4.39 Å². The summed E-state index contributed by atoms with van der Waals surface area (Å²) < 4.78 is 13.9. The number of hydrogen-bond donors (Lipinski definition) is 1. The predicted molar refractivity (Wildman–Crippen MR) is 76.3 cm³/mol. The summed E-state index contributed by atoms with van der Waals surface area (Å²) in [5.41, 5.74) is 9.52. The van der Waals surface area contributed by atoms with Crippen LogP contribution < -0.4 is 5.73 Å². The lowest BCUT2D eigenvalue weighted by atomic mass is 9.80. The fourth-order valence-electron chi connectivity index (χ4n) is 2.60. The largest absolute Gasteiger partial charge is 0.326 e. The molecule has 1 fully saturated rings. The molecule has 0 unspecified atom stereocenters. The summed E-state index contributed by atoms with van der Waals surface area (Å²) in [4.78, 5) is 0. The van der Waals surface area contributed by atoms with E-state index in [1.54, 1.807) is 6.07 Å². The van der Waals surface area contributed by atoms with Crippen LogP contribution in [-0.4, -0.2) is 0 Å². The molecule has 2 heteroatoms. The summed E-state index contributed by atoms with van der Waals surface area (Å²) in [6, 6.07) is 13.4. The Morgan fingerprint density at radius 1 is 1.05 bits per heavy atom. The van der Waals surface area contributed by atoms with Crippen molar-refractivity contribution < 1.29 is 4.39 Å². The predicted octanol–water partition coefficient (Wildman–Crippen LogP) is 4.22. The van der Waals surface area contributed by atoms with Gasteiger partial charge in [-0.25, -0.2) is 4.39 Å². The fourth-order valence-corrected chi connectivity index (χ4v) is 2.60.